The lowest BCUT2D eigenvalue weighted by Gasteiger charge is -2.16. The van der Waals surface area contributed by atoms with Crippen molar-refractivity contribution >= 4 is 5.96 Å². The largest absolute Gasteiger partial charge is 0.493 e. The quantitative estimate of drug-likeness (QED) is 0.364. The standard InChI is InChI=1S/C19H34N4O2/c1-6-23(4)14-13-22-19(20-3)21-12-8-9-16-10-11-17(24-5)18(15-16)25-7-2/h10-11,15H,6-9,12-14H2,1-5H3,(H2,20,21,22). The molecule has 0 aliphatic heterocycles. The van der Waals surface area contributed by atoms with Crippen molar-refractivity contribution in [1.29, 1.82) is 0 Å². The highest BCUT2D eigenvalue weighted by atomic mass is 16.5. The van der Waals surface area contributed by atoms with E-state index in [0.717, 1.165) is 56.5 Å². The average molecular weight is 351 g/mol. The number of nitrogens with one attached hydrogen (secondary N) is 2. The van der Waals surface area contributed by atoms with Crippen LogP contribution in [0.2, 0.25) is 0 Å². The summed E-state index contributed by atoms with van der Waals surface area (Å²) in [6, 6.07) is 6.13. The predicted molar refractivity (Wildman–Crippen MR) is 105 cm³/mol. The number of aryl methyl sites for hydroxylation is 1. The Morgan fingerprint density at radius 3 is 2.56 bits per heavy atom. The molecule has 0 heterocycles. The van der Waals surface area contributed by atoms with Crippen LogP contribution in [-0.4, -0.2) is 64.9 Å². The Kier molecular flexibility index (Phi) is 10.5. The van der Waals surface area contributed by atoms with E-state index in [1.807, 2.05) is 13.0 Å². The number of rotatable bonds is 11. The number of guanidine groups is 1. The Morgan fingerprint density at radius 2 is 1.92 bits per heavy atom. The fraction of sp³-hybridized carbons (Fsp3) is 0.632. The summed E-state index contributed by atoms with van der Waals surface area (Å²) < 4.78 is 11.0. The van der Waals surface area contributed by atoms with Gasteiger partial charge in [0.2, 0.25) is 0 Å². The lowest BCUT2D eigenvalue weighted by molar-refractivity contribution is 0.310. The van der Waals surface area contributed by atoms with Crippen molar-refractivity contribution < 1.29 is 9.47 Å². The summed E-state index contributed by atoms with van der Waals surface area (Å²) in [5.41, 5.74) is 1.25. The van der Waals surface area contributed by atoms with Crippen molar-refractivity contribution in [2.75, 3.05) is 54.0 Å². The van der Waals surface area contributed by atoms with Gasteiger partial charge in [0.05, 0.1) is 13.7 Å². The molecule has 0 aliphatic carbocycles. The second kappa shape index (κ2) is 12.4. The summed E-state index contributed by atoms with van der Waals surface area (Å²) in [5, 5.41) is 6.69. The van der Waals surface area contributed by atoms with Crippen LogP contribution in [0.3, 0.4) is 0 Å². The first-order valence-electron chi connectivity index (χ1n) is 9.07. The second-order valence-electron chi connectivity index (χ2n) is 5.84. The van der Waals surface area contributed by atoms with E-state index >= 15 is 0 Å². The van der Waals surface area contributed by atoms with E-state index in [9.17, 15) is 0 Å². The van der Waals surface area contributed by atoms with Crippen LogP contribution >= 0.6 is 0 Å². The molecular formula is C19H34N4O2. The molecule has 2 N–H and O–H groups in total. The van der Waals surface area contributed by atoms with Gasteiger partial charge in [-0.3, -0.25) is 4.99 Å². The van der Waals surface area contributed by atoms with Crippen LogP contribution in [0.25, 0.3) is 0 Å². The molecule has 0 aliphatic rings. The van der Waals surface area contributed by atoms with Gasteiger partial charge in [0.1, 0.15) is 0 Å². The molecule has 6 heteroatoms. The molecule has 0 atom stereocenters. The zero-order valence-corrected chi connectivity index (χ0v) is 16.4. The highest BCUT2D eigenvalue weighted by Gasteiger charge is 2.05. The molecule has 0 aromatic heterocycles. The summed E-state index contributed by atoms with van der Waals surface area (Å²) in [5.74, 6) is 2.45. The van der Waals surface area contributed by atoms with Crippen LogP contribution in [0.15, 0.2) is 23.2 Å². The minimum absolute atomic E-state index is 0.635. The Morgan fingerprint density at radius 1 is 1.16 bits per heavy atom. The minimum Gasteiger partial charge on any atom is -0.493 e. The fourth-order valence-corrected chi connectivity index (χ4v) is 2.39. The smallest absolute Gasteiger partial charge is 0.191 e. The number of hydrogen-bond acceptors (Lipinski definition) is 4. The summed E-state index contributed by atoms with van der Waals surface area (Å²) in [6.45, 7) is 8.59. The van der Waals surface area contributed by atoms with Gasteiger partial charge in [0.15, 0.2) is 17.5 Å². The lowest BCUT2D eigenvalue weighted by Crippen LogP contribution is -2.41. The minimum atomic E-state index is 0.635. The molecular weight excluding hydrogens is 316 g/mol. The molecule has 0 spiro atoms. The molecule has 0 saturated carbocycles. The number of nitrogens with zero attached hydrogens (tertiary/aromatic N) is 2. The first-order valence-corrected chi connectivity index (χ1v) is 9.07. The SMILES string of the molecule is CCOc1cc(CCCNC(=NC)NCCN(C)CC)ccc1OC. The molecule has 1 aromatic carbocycles. The number of aliphatic imine (C=N–C) groups is 1. The molecule has 0 saturated heterocycles. The molecule has 6 nitrogen and oxygen atoms in total. The van der Waals surface area contributed by atoms with E-state index in [4.69, 9.17) is 9.47 Å². The van der Waals surface area contributed by atoms with Gasteiger partial charge >= 0.3 is 0 Å². The Labute approximate surface area is 152 Å². The van der Waals surface area contributed by atoms with Crippen LogP contribution in [0.1, 0.15) is 25.8 Å². The average Bonchev–Trinajstić information content (AvgIpc) is 2.63. The van der Waals surface area contributed by atoms with Gasteiger partial charge in [0.25, 0.3) is 0 Å². The van der Waals surface area contributed by atoms with E-state index < -0.39 is 0 Å². The topological polar surface area (TPSA) is 58.1 Å². The van der Waals surface area contributed by atoms with Gasteiger partial charge in [-0.2, -0.15) is 0 Å². The van der Waals surface area contributed by atoms with E-state index in [1.54, 1.807) is 14.2 Å². The maximum atomic E-state index is 5.63. The molecule has 0 radical (unpaired) electrons. The summed E-state index contributed by atoms with van der Waals surface area (Å²) in [6.07, 6.45) is 2.00. The lowest BCUT2D eigenvalue weighted by atomic mass is 10.1. The molecule has 0 amide bonds. The summed E-state index contributed by atoms with van der Waals surface area (Å²) in [4.78, 5) is 6.52. The number of ether oxygens (including phenoxy) is 2. The second-order valence-corrected chi connectivity index (χ2v) is 5.84. The van der Waals surface area contributed by atoms with Gasteiger partial charge in [-0.1, -0.05) is 13.0 Å². The zero-order chi connectivity index (χ0) is 18.5. The Hall–Kier alpha value is -1.95. The van der Waals surface area contributed by atoms with Crippen LogP contribution < -0.4 is 20.1 Å². The Bertz CT molecular complexity index is 520. The molecule has 1 aromatic rings. The molecule has 1 rings (SSSR count). The summed E-state index contributed by atoms with van der Waals surface area (Å²) in [7, 11) is 5.58. The van der Waals surface area contributed by atoms with Gasteiger partial charge in [-0.05, 0) is 51.1 Å². The van der Waals surface area contributed by atoms with Crippen LogP contribution in [0.5, 0.6) is 11.5 Å². The van der Waals surface area contributed by atoms with Gasteiger partial charge in [0, 0.05) is 26.7 Å². The molecule has 0 unspecified atom stereocenters. The van der Waals surface area contributed by atoms with Crippen molar-refractivity contribution in [1.82, 2.24) is 15.5 Å². The monoisotopic (exact) mass is 350 g/mol. The highest BCUT2D eigenvalue weighted by Crippen LogP contribution is 2.28. The van der Waals surface area contributed by atoms with E-state index in [-0.39, 0.29) is 0 Å². The van der Waals surface area contributed by atoms with E-state index in [1.165, 1.54) is 5.56 Å². The fourth-order valence-electron chi connectivity index (χ4n) is 2.39. The van der Waals surface area contributed by atoms with Crippen molar-refractivity contribution in [3.63, 3.8) is 0 Å². The Balaban J connectivity index is 2.35. The molecule has 142 valence electrons. The third-order valence-electron chi connectivity index (χ3n) is 4.01. The normalized spacial score (nSPS) is 11.5. The first-order chi connectivity index (χ1) is 12.1. The first kappa shape index (κ1) is 21.1. The maximum Gasteiger partial charge on any atom is 0.191 e. The number of hydrogen-bond donors (Lipinski definition) is 2. The van der Waals surface area contributed by atoms with Crippen molar-refractivity contribution in [2.24, 2.45) is 4.99 Å². The van der Waals surface area contributed by atoms with Gasteiger partial charge < -0.3 is 25.0 Å². The van der Waals surface area contributed by atoms with Crippen LogP contribution in [0, 0.1) is 0 Å². The highest BCUT2D eigenvalue weighted by molar-refractivity contribution is 5.79. The number of likely N-dealkylation sites (N-methyl/N-ethyl adjacent to an activating group) is 1. The third kappa shape index (κ3) is 8.12. The van der Waals surface area contributed by atoms with E-state index in [2.05, 4.69) is 46.6 Å². The number of benzene rings is 1. The van der Waals surface area contributed by atoms with Gasteiger partial charge in [-0.25, -0.2) is 0 Å². The molecule has 0 fully saturated rings. The molecule has 25 heavy (non-hydrogen) atoms. The van der Waals surface area contributed by atoms with Crippen molar-refractivity contribution in [3.05, 3.63) is 23.8 Å². The third-order valence-corrected chi connectivity index (χ3v) is 4.01. The van der Waals surface area contributed by atoms with Crippen molar-refractivity contribution in [3.8, 4) is 11.5 Å². The summed E-state index contributed by atoms with van der Waals surface area (Å²) >= 11 is 0. The predicted octanol–water partition coefficient (Wildman–Crippen LogP) is 2.14. The van der Waals surface area contributed by atoms with Crippen molar-refractivity contribution in [2.45, 2.75) is 26.7 Å². The van der Waals surface area contributed by atoms with Gasteiger partial charge in [-0.15, -0.1) is 0 Å². The van der Waals surface area contributed by atoms with Crippen LogP contribution in [-0.2, 0) is 6.42 Å². The number of methoxy groups -OCH3 is 1. The zero-order valence-electron chi connectivity index (χ0n) is 16.4. The van der Waals surface area contributed by atoms with E-state index in [0.29, 0.717) is 6.61 Å². The molecule has 0 bridgehead atoms. The van der Waals surface area contributed by atoms with Crippen LogP contribution in [0.4, 0.5) is 0 Å². The maximum absolute atomic E-state index is 5.63.